The van der Waals surface area contributed by atoms with Gasteiger partial charge in [0.05, 0.1) is 5.92 Å². The fourth-order valence-corrected chi connectivity index (χ4v) is 1.79. The molecule has 0 saturated heterocycles. The van der Waals surface area contributed by atoms with Gasteiger partial charge in [-0.2, -0.15) is 0 Å². The summed E-state index contributed by atoms with van der Waals surface area (Å²) in [6, 6.07) is 6.98. The molecule has 6 heteroatoms. The topological polar surface area (TPSA) is 102 Å². The molecule has 1 amide bonds. The first-order chi connectivity index (χ1) is 9.73. The Morgan fingerprint density at radius 1 is 1.38 bits per heavy atom. The third-order valence-corrected chi connectivity index (χ3v) is 2.72. The van der Waals surface area contributed by atoms with Gasteiger partial charge in [-0.3, -0.25) is 4.79 Å². The van der Waals surface area contributed by atoms with Crippen LogP contribution in [0.1, 0.15) is 37.8 Å². The molecule has 0 aliphatic heterocycles. The summed E-state index contributed by atoms with van der Waals surface area (Å²) >= 11 is 0. The molecule has 0 radical (unpaired) electrons. The first-order valence-electron chi connectivity index (χ1n) is 6.71. The monoisotopic (exact) mass is 294 g/mol. The lowest BCUT2D eigenvalue weighted by Gasteiger charge is -2.19. The molecule has 116 valence electrons. The maximum Gasteiger partial charge on any atom is 0.407 e. The number of hydrogen-bond acceptors (Lipinski definition) is 4. The summed E-state index contributed by atoms with van der Waals surface area (Å²) in [5.74, 6) is -1.71. The number of rotatable bonds is 5. The molecule has 0 heterocycles. The highest BCUT2D eigenvalue weighted by atomic mass is 16.6. The number of nitrogens with two attached hydrogens (primary N) is 1. The van der Waals surface area contributed by atoms with Gasteiger partial charge in [0.1, 0.15) is 5.60 Å². The molecule has 0 saturated carbocycles. The normalized spacial score (nSPS) is 12.6. The van der Waals surface area contributed by atoms with Crippen LogP contribution in [-0.2, 0) is 16.1 Å². The minimum absolute atomic E-state index is 0.0261. The van der Waals surface area contributed by atoms with Crippen LogP contribution in [-0.4, -0.2) is 29.3 Å². The zero-order valence-electron chi connectivity index (χ0n) is 12.6. The summed E-state index contributed by atoms with van der Waals surface area (Å²) in [6.07, 6.45) is -0.512. The number of alkyl carbamates (subject to hydrolysis) is 1. The number of benzene rings is 1. The van der Waals surface area contributed by atoms with Gasteiger partial charge >= 0.3 is 12.1 Å². The van der Waals surface area contributed by atoms with Gasteiger partial charge < -0.3 is 20.9 Å². The van der Waals surface area contributed by atoms with Crippen LogP contribution in [0.5, 0.6) is 0 Å². The van der Waals surface area contributed by atoms with Crippen molar-refractivity contribution in [3.8, 4) is 0 Å². The predicted octanol–water partition coefficient (Wildman–Crippen LogP) is 1.84. The van der Waals surface area contributed by atoms with Crippen molar-refractivity contribution in [2.45, 2.75) is 38.8 Å². The minimum Gasteiger partial charge on any atom is -0.481 e. The predicted molar refractivity (Wildman–Crippen MR) is 78.9 cm³/mol. The van der Waals surface area contributed by atoms with Gasteiger partial charge in [0.2, 0.25) is 0 Å². The lowest BCUT2D eigenvalue weighted by Crippen LogP contribution is -2.32. The van der Waals surface area contributed by atoms with Crippen molar-refractivity contribution in [3.05, 3.63) is 35.4 Å². The number of carbonyl (C=O) groups is 2. The molecule has 1 aromatic carbocycles. The van der Waals surface area contributed by atoms with Crippen molar-refractivity contribution in [1.82, 2.24) is 5.32 Å². The molecule has 0 aliphatic carbocycles. The first kappa shape index (κ1) is 17.0. The van der Waals surface area contributed by atoms with E-state index in [0.717, 1.165) is 5.56 Å². The average Bonchev–Trinajstić information content (AvgIpc) is 2.35. The Morgan fingerprint density at radius 3 is 2.57 bits per heavy atom. The van der Waals surface area contributed by atoms with E-state index in [4.69, 9.17) is 15.6 Å². The van der Waals surface area contributed by atoms with Crippen molar-refractivity contribution < 1.29 is 19.4 Å². The molecule has 1 aromatic rings. The van der Waals surface area contributed by atoms with Gasteiger partial charge in [-0.25, -0.2) is 4.79 Å². The van der Waals surface area contributed by atoms with Gasteiger partial charge in [-0.15, -0.1) is 0 Å². The van der Waals surface area contributed by atoms with Crippen molar-refractivity contribution in [2.24, 2.45) is 5.73 Å². The maximum atomic E-state index is 11.6. The molecule has 0 aromatic heterocycles. The quantitative estimate of drug-likeness (QED) is 0.769. The molecule has 1 atom stereocenters. The fraction of sp³-hybridized carbons (Fsp3) is 0.467. The highest BCUT2D eigenvalue weighted by Gasteiger charge is 2.18. The summed E-state index contributed by atoms with van der Waals surface area (Å²) < 4.78 is 5.13. The third kappa shape index (κ3) is 5.83. The molecule has 0 aliphatic rings. The number of amides is 1. The number of ether oxygens (including phenoxy) is 1. The lowest BCUT2D eigenvalue weighted by molar-refractivity contribution is -0.138. The molecular formula is C15H22N2O4. The largest absolute Gasteiger partial charge is 0.481 e. The number of carbonyl (C=O) groups excluding carboxylic acids is 1. The Bertz CT molecular complexity index is 509. The first-order valence-corrected chi connectivity index (χ1v) is 6.71. The Labute approximate surface area is 124 Å². The SMILES string of the molecule is CC(C)(C)OC(=O)NCc1cccc(C(CN)C(=O)O)c1. The van der Waals surface area contributed by atoms with Crippen LogP contribution in [0, 0.1) is 0 Å². The van der Waals surface area contributed by atoms with Gasteiger partial charge in [0.15, 0.2) is 0 Å². The van der Waals surface area contributed by atoms with Crippen molar-refractivity contribution >= 4 is 12.1 Å². The van der Waals surface area contributed by atoms with Crippen LogP contribution in [0.4, 0.5) is 4.79 Å². The van der Waals surface area contributed by atoms with Crippen LogP contribution >= 0.6 is 0 Å². The Balaban J connectivity index is 2.69. The molecular weight excluding hydrogens is 272 g/mol. The molecule has 6 nitrogen and oxygen atoms in total. The molecule has 0 bridgehead atoms. The summed E-state index contributed by atoms with van der Waals surface area (Å²) in [5.41, 5.74) is 6.33. The number of carboxylic acids is 1. The highest BCUT2D eigenvalue weighted by molar-refractivity contribution is 5.76. The van der Waals surface area contributed by atoms with E-state index < -0.39 is 23.6 Å². The van der Waals surface area contributed by atoms with Crippen molar-refractivity contribution in [2.75, 3.05) is 6.54 Å². The van der Waals surface area contributed by atoms with Crippen LogP contribution in [0.3, 0.4) is 0 Å². The molecule has 1 rings (SSSR count). The lowest BCUT2D eigenvalue weighted by atomic mass is 9.97. The molecule has 1 unspecified atom stereocenters. The Morgan fingerprint density at radius 2 is 2.05 bits per heavy atom. The second-order valence-electron chi connectivity index (χ2n) is 5.73. The second-order valence-corrected chi connectivity index (χ2v) is 5.73. The van der Waals surface area contributed by atoms with Crippen LogP contribution < -0.4 is 11.1 Å². The van der Waals surface area contributed by atoms with Gasteiger partial charge in [0.25, 0.3) is 0 Å². The smallest absolute Gasteiger partial charge is 0.407 e. The van der Waals surface area contributed by atoms with Crippen LogP contribution in [0.2, 0.25) is 0 Å². The summed E-state index contributed by atoms with van der Waals surface area (Å²) in [4.78, 5) is 22.7. The average molecular weight is 294 g/mol. The molecule has 4 N–H and O–H groups in total. The third-order valence-electron chi connectivity index (χ3n) is 2.72. The van der Waals surface area contributed by atoms with E-state index in [1.807, 2.05) is 0 Å². The maximum absolute atomic E-state index is 11.6. The number of nitrogens with one attached hydrogen (secondary N) is 1. The fourth-order valence-electron chi connectivity index (χ4n) is 1.79. The summed E-state index contributed by atoms with van der Waals surface area (Å²) in [5, 5.41) is 11.7. The summed E-state index contributed by atoms with van der Waals surface area (Å²) in [6.45, 7) is 5.64. The van der Waals surface area contributed by atoms with Crippen molar-refractivity contribution in [1.29, 1.82) is 0 Å². The van der Waals surface area contributed by atoms with E-state index >= 15 is 0 Å². The van der Waals surface area contributed by atoms with Crippen molar-refractivity contribution in [3.63, 3.8) is 0 Å². The van der Waals surface area contributed by atoms with Crippen LogP contribution in [0.25, 0.3) is 0 Å². The second kappa shape index (κ2) is 7.08. The number of aliphatic carboxylic acids is 1. The number of carboxylic acid groups (broad SMARTS) is 1. The van der Waals surface area contributed by atoms with Gasteiger partial charge in [0, 0.05) is 13.1 Å². The van der Waals surface area contributed by atoms with Gasteiger partial charge in [-0.05, 0) is 31.9 Å². The van der Waals surface area contributed by atoms with E-state index in [9.17, 15) is 9.59 Å². The zero-order valence-corrected chi connectivity index (χ0v) is 12.6. The summed E-state index contributed by atoms with van der Waals surface area (Å²) in [7, 11) is 0. The van der Waals surface area contributed by atoms with Gasteiger partial charge in [-0.1, -0.05) is 24.3 Å². The zero-order chi connectivity index (χ0) is 16.0. The van der Waals surface area contributed by atoms with E-state index in [0.29, 0.717) is 5.56 Å². The Kier molecular flexibility index (Phi) is 5.72. The van der Waals surface area contributed by atoms with E-state index in [1.54, 1.807) is 45.0 Å². The van der Waals surface area contributed by atoms with E-state index in [-0.39, 0.29) is 13.1 Å². The molecule has 0 spiro atoms. The van der Waals surface area contributed by atoms with E-state index in [1.165, 1.54) is 0 Å². The van der Waals surface area contributed by atoms with Crippen LogP contribution in [0.15, 0.2) is 24.3 Å². The minimum atomic E-state index is -0.963. The van der Waals surface area contributed by atoms with E-state index in [2.05, 4.69) is 5.32 Å². The number of hydrogen-bond donors (Lipinski definition) is 3. The molecule has 0 fully saturated rings. The molecule has 21 heavy (non-hydrogen) atoms. The standard InChI is InChI=1S/C15H22N2O4/c1-15(2,3)21-14(20)17-9-10-5-4-6-11(7-10)12(8-16)13(18)19/h4-7,12H,8-9,16H2,1-3H3,(H,17,20)(H,18,19). The highest BCUT2D eigenvalue weighted by Crippen LogP contribution is 2.16. The Hall–Kier alpha value is -2.08.